The van der Waals surface area contributed by atoms with Crippen LogP contribution in [-0.4, -0.2) is 26.8 Å². The van der Waals surface area contributed by atoms with Crippen molar-refractivity contribution in [2.75, 3.05) is 25.5 Å². The summed E-state index contributed by atoms with van der Waals surface area (Å²) in [6.07, 6.45) is -3.24. The van der Waals surface area contributed by atoms with Gasteiger partial charge in [0.05, 0.1) is 0 Å². The van der Waals surface area contributed by atoms with E-state index in [0.717, 1.165) is 12.0 Å². The molecule has 1 aromatic carbocycles. The first-order valence-corrected chi connectivity index (χ1v) is 5.92. The smallest absolute Gasteiger partial charge is 0.366 e. The molecule has 18 heavy (non-hydrogen) atoms. The summed E-state index contributed by atoms with van der Waals surface area (Å²) < 4.78 is 36.8. The number of halogens is 3. The summed E-state index contributed by atoms with van der Waals surface area (Å²) in [6.45, 7) is 1.13. The molecule has 0 aliphatic heterocycles. The third-order valence-corrected chi connectivity index (χ3v) is 2.91. The predicted molar refractivity (Wildman–Crippen MR) is 67.9 cm³/mol. The van der Waals surface area contributed by atoms with Gasteiger partial charge < -0.3 is 10.2 Å². The number of hydrogen-bond donors (Lipinski definition) is 1. The van der Waals surface area contributed by atoms with E-state index in [-0.39, 0.29) is 6.04 Å². The van der Waals surface area contributed by atoms with E-state index < -0.39 is 12.7 Å². The fourth-order valence-electron chi connectivity index (χ4n) is 1.93. The molecular weight excluding hydrogens is 241 g/mol. The minimum absolute atomic E-state index is 0.243. The van der Waals surface area contributed by atoms with Crippen LogP contribution in [0, 0.1) is 0 Å². The predicted octanol–water partition coefficient (Wildman–Crippen LogP) is 3.36. The molecule has 0 fully saturated rings. The molecule has 1 aromatic rings. The van der Waals surface area contributed by atoms with Gasteiger partial charge in [-0.3, -0.25) is 0 Å². The maximum Gasteiger partial charge on any atom is 0.405 e. The Morgan fingerprint density at radius 3 is 2.17 bits per heavy atom. The first kappa shape index (κ1) is 14.8. The quantitative estimate of drug-likeness (QED) is 0.873. The summed E-state index contributed by atoms with van der Waals surface area (Å²) >= 11 is 0. The maximum absolute atomic E-state index is 12.3. The number of alkyl halides is 3. The average molecular weight is 260 g/mol. The number of rotatable bonds is 5. The fourth-order valence-corrected chi connectivity index (χ4v) is 1.93. The van der Waals surface area contributed by atoms with Crippen LogP contribution in [-0.2, 0) is 0 Å². The van der Waals surface area contributed by atoms with Crippen LogP contribution < -0.4 is 10.2 Å². The third-order valence-electron chi connectivity index (χ3n) is 2.91. The molecule has 2 nitrogen and oxygen atoms in total. The molecule has 1 atom stereocenters. The first-order valence-electron chi connectivity index (χ1n) is 5.92. The highest BCUT2D eigenvalue weighted by Gasteiger charge is 2.29. The van der Waals surface area contributed by atoms with E-state index >= 15 is 0 Å². The summed E-state index contributed by atoms with van der Waals surface area (Å²) in [5.74, 6) is 0. The Kier molecular flexibility index (Phi) is 5.02. The molecule has 102 valence electrons. The van der Waals surface area contributed by atoms with E-state index in [1.54, 1.807) is 12.1 Å². The molecule has 0 saturated heterocycles. The lowest BCUT2D eigenvalue weighted by Gasteiger charge is -2.22. The van der Waals surface area contributed by atoms with E-state index in [2.05, 4.69) is 12.2 Å². The van der Waals surface area contributed by atoms with Gasteiger partial charge in [-0.2, -0.15) is 13.2 Å². The highest BCUT2D eigenvalue weighted by Crippen LogP contribution is 2.23. The third kappa shape index (κ3) is 4.22. The minimum Gasteiger partial charge on any atom is -0.366 e. The van der Waals surface area contributed by atoms with Crippen molar-refractivity contribution in [1.82, 2.24) is 5.32 Å². The van der Waals surface area contributed by atoms with Crippen molar-refractivity contribution in [3.63, 3.8) is 0 Å². The molecule has 0 aliphatic carbocycles. The van der Waals surface area contributed by atoms with Gasteiger partial charge in [0.15, 0.2) is 0 Å². The number of benzene rings is 1. The van der Waals surface area contributed by atoms with E-state index in [9.17, 15) is 13.2 Å². The zero-order valence-electron chi connectivity index (χ0n) is 10.9. The van der Waals surface area contributed by atoms with Crippen molar-refractivity contribution in [2.45, 2.75) is 25.6 Å². The Hall–Kier alpha value is -1.23. The van der Waals surface area contributed by atoms with Crippen molar-refractivity contribution in [1.29, 1.82) is 0 Å². The zero-order valence-corrected chi connectivity index (χ0v) is 10.9. The Labute approximate surface area is 106 Å². The van der Waals surface area contributed by atoms with Crippen LogP contribution in [0.15, 0.2) is 24.3 Å². The van der Waals surface area contributed by atoms with Crippen LogP contribution in [0.5, 0.6) is 0 Å². The Morgan fingerprint density at radius 1 is 1.22 bits per heavy atom. The molecule has 1 N–H and O–H groups in total. The summed E-state index contributed by atoms with van der Waals surface area (Å²) in [6, 6.07) is 7.43. The first-order chi connectivity index (χ1) is 8.37. The lowest BCUT2D eigenvalue weighted by atomic mass is 10.0. The summed E-state index contributed by atoms with van der Waals surface area (Å²) in [5, 5.41) is 3.16. The van der Waals surface area contributed by atoms with Crippen LogP contribution in [0.1, 0.15) is 24.9 Å². The normalized spacial score (nSPS) is 13.4. The maximum atomic E-state index is 12.3. The Balaban J connectivity index is 2.76. The minimum atomic E-state index is -4.18. The van der Waals surface area contributed by atoms with Crippen molar-refractivity contribution in [2.24, 2.45) is 0 Å². The SMILES string of the molecule is CCC(NC)c1ccc(N(C)CC(F)(F)F)cc1. The van der Waals surface area contributed by atoms with E-state index in [1.807, 2.05) is 19.2 Å². The van der Waals surface area contributed by atoms with Crippen LogP contribution in [0.25, 0.3) is 0 Å². The Morgan fingerprint density at radius 2 is 1.78 bits per heavy atom. The van der Waals surface area contributed by atoms with Gasteiger partial charge >= 0.3 is 6.18 Å². The van der Waals surface area contributed by atoms with Gasteiger partial charge in [0.2, 0.25) is 0 Å². The second-order valence-electron chi connectivity index (χ2n) is 4.31. The van der Waals surface area contributed by atoms with Crippen LogP contribution in [0.4, 0.5) is 18.9 Å². The number of nitrogens with one attached hydrogen (secondary N) is 1. The van der Waals surface area contributed by atoms with Crippen LogP contribution in [0.3, 0.4) is 0 Å². The number of nitrogens with zero attached hydrogens (tertiary/aromatic N) is 1. The van der Waals surface area contributed by atoms with Gasteiger partial charge in [-0.05, 0) is 31.2 Å². The largest absolute Gasteiger partial charge is 0.405 e. The molecular formula is C13H19F3N2. The van der Waals surface area contributed by atoms with Crippen molar-refractivity contribution >= 4 is 5.69 Å². The van der Waals surface area contributed by atoms with Gasteiger partial charge in [-0.25, -0.2) is 0 Å². The van der Waals surface area contributed by atoms with Gasteiger partial charge in [0.1, 0.15) is 6.54 Å². The van der Waals surface area contributed by atoms with Crippen LogP contribution >= 0.6 is 0 Å². The van der Waals surface area contributed by atoms with Crippen molar-refractivity contribution < 1.29 is 13.2 Å². The average Bonchev–Trinajstić information content (AvgIpc) is 2.29. The molecule has 0 bridgehead atoms. The topological polar surface area (TPSA) is 15.3 Å². The van der Waals surface area contributed by atoms with Crippen LogP contribution in [0.2, 0.25) is 0 Å². The van der Waals surface area contributed by atoms with Crippen molar-refractivity contribution in [3.8, 4) is 0 Å². The number of hydrogen-bond acceptors (Lipinski definition) is 2. The summed E-state index contributed by atoms with van der Waals surface area (Å²) in [5.41, 5.74) is 1.66. The molecule has 0 aromatic heterocycles. The van der Waals surface area contributed by atoms with E-state index in [0.29, 0.717) is 5.69 Å². The molecule has 0 amide bonds. The standard InChI is InChI=1S/C13H19F3N2/c1-4-12(17-2)10-5-7-11(8-6-10)18(3)9-13(14,15)16/h5-8,12,17H,4,9H2,1-3H3. The van der Waals surface area contributed by atoms with E-state index in [4.69, 9.17) is 0 Å². The van der Waals surface area contributed by atoms with Gasteiger partial charge in [-0.15, -0.1) is 0 Å². The summed E-state index contributed by atoms with van der Waals surface area (Å²) in [4.78, 5) is 1.20. The lowest BCUT2D eigenvalue weighted by Crippen LogP contribution is -2.30. The molecule has 0 spiro atoms. The number of anilines is 1. The monoisotopic (exact) mass is 260 g/mol. The molecule has 0 heterocycles. The zero-order chi connectivity index (χ0) is 13.8. The van der Waals surface area contributed by atoms with Gasteiger partial charge in [-0.1, -0.05) is 19.1 Å². The lowest BCUT2D eigenvalue weighted by molar-refractivity contribution is -0.119. The molecule has 0 aliphatic rings. The van der Waals surface area contributed by atoms with Gasteiger partial charge in [0.25, 0.3) is 0 Å². The summed E-state index contributed by atoms with van der Waals surface area (Å²) in [7, 11) is 3.32. The van der Waals surface area contributed by atoms with E-state index in [1.165, 1.54) is 11.9 Å². The fraction of sp³-hybridized carbons (Fsp3) is 0.538. The second-order valence-corrected chi connectivity index (χ2v) is 4.31. The van der Waals surface area contributed by atoms with Crippen molar-refractivity contribution in [3.05, 3.63) is 29.8 Å². The molecule has 1 rings (SSSR count). The highest BCUT2D eigenvalue weighted by molar-refractivity contribution is 5.47. The van der Waals surface area contributed by atoms with Gasteiger partial charge in [0, 0.05) is 18.8 Å². The molecule has 0 radical (unpaired) electrons. The second kappa shape index (κ2) is 6.09. The molecule has 1 unspecified atom stereocenters. The Bertz CT molecular complexity index is 355. The molecule has 5 heteroatoms. The molecule has 0 saturated carbocycles. The highest BCUT2D eigenvalue weighted by atomic mass is 19.4.